The van der Waals surface area contributed by atoms with Crippen LogP contribution in [0, 0.1) is 0 Å². The molecule has 0 spiro atoms. The summed E-state index contributed by atoms with van der Waals surface area (Å²) in [7, 11) is 0. The van der Waals surface area contributed by atoms with Crippen LogP contribution in [0.2, 0.25) is 0 Å². The van der Waals surface area contributed by atoms with Crippen molar-refractivity contribution >= 4 is 54.3 Å². The Kier molecular flexibility index (Phi) is 6.62. The second-order valence-corrected chi connectivity index (χ2v) is 13.6. The minimum atomic E-state index is 0.571. The van der Waals surface area contributed by atoms with Gasteiger partial charge in [0.1, 0.15) is 11.2 Å². The lowest BCUT2D eigenvalue weighted by atomic mass is 9.83. The zero-order valence-electron chi connectivity index (χ0n) is 27.3. The van der Waals surface area contributed by atoms with Gasteiger partial charge in [0.2, 0.25) is 0 Å². The van der Waals surface area contributed by atoms with Crippen molar-refractivity contribution in [1.82, 2.24) is 4.98 Å². The van der Waals surface area contributed by atoms with E-state index in [0.717, 1.165) is 39.1 Å². The number of benzene rings is 7. The Morgan fingerprint density at radius 1 is 0.408 bits per heavy atom. The van der Waals surface area contributed by atoms with E-state index in [9.17, 15) is 0 Å². The molecule has 7 aromatic carbocycles. The molecule has 1 aliphatic rings. The minimum absolute atomic E-state index is 0.571. The van der Waals surface area contributed by atoms with E-state index in [1.165, 1.54) is 86.5 Å². The molecule has 2 heteroatoms. The van der Waals surface area contributed by atoms with E-state index in [-0.39, 0.29) is 0 Å². The summed E-state index contributed by atoms with van der Waals surface area (Å²) in [5, 5.41) is 9.74. The number of fused-ring (bicyclic) bond motifs is 6. The summed E-state index contributed by atoms with van der Waals surface area (Å²) in [6, 6.07) is 52.7. The Bertz CT molecular complexity index is 2650. The summed E-state index contributed by atoms with van der Waals surface area (Å²) < 4.78 is 6.87. The largest absolute Gasteiger partial charge is 0.455 e. The molecule has 1 aliphatic carbocycles. The first-order valence-electron chi connectivity index (χ1n) is 17.7. The highest BCUT2D eigenvalue weighted by molar-refractivity contribution is 6.23. The van der Waals surface area contributed by atoms with Gasteiger partial charge in [0.15, 0.2) is 0 Å². The molecule has 2 aromatic heterocycles. The SMILES string of the molecule is c1cc(-c2c3ccccc3c(-c3cccc4ccccc34)c3ccccc23)nc(-c2cccc3c2oc2c(C4CCCCC4)cccc23)c1. The van der Waals surface area contributed by atoms with Crippen molar-refractivity contribution in [2.24, 2.45) is 0 Å². The van der Waals surface area contributed by atoms with Gasteiger partial charge in [0.05, 0.1) is 11.4 Å². The zero-order valence-corrected chi connectivity index (χ0v) is 27.3. The predicted molar refractivity (Wildman–Crippen MR) is 206 cm³/mol. The van der Waals surface area contributed by atoms with Gasteiger partial charge in [0, 0.05) is 21.9 Å². The number of para-hydroxylation sites is 2. The standard InChI is InChI=1S/C47H35NO/c1-2-14-31(15-3-1)33-23-11-25-39-40-26-12-27-41(47(40)49-46(33)39)42-28-13-29-43(48-42)45-37-21-8-6-19-35(37)44(36-20-7-9-22-38(36)45)34-24-10-17-30-16-4-5-18-32(30)34/h4-13,16-29,31H,1-3,14-15H2. The van der Waals surface area contributed by atoms with Crippen molar-refractivity contribution in [3.05, 3.63) is 151 Å². The maximum atomic E-state index is 6.87. The first-order chi connectivity index (χ1) is 24.3. The molecule has 0 radical (unpaired) electrons. The summed E-state index contributed by atoms with van der Waals surface area (Å²) in [4.78, 5) is 5.44. The summed E-state index contributed by atoms with van der Waals surface area (Å²) in [5.41, 5.74) is 9.94. The van der Waals surface area contributed by atoms with Crippen LogP contribution in [0.1, 0.15) is 43.6 Å². The van der Waals surface area contributed by atoms with Gasteiger partial charge >= 0.3 is 0 Å². The van der Waals surface area contributed by atoms with Crippen molar-refractivity contribution in [1.29, 1.82) is 0 Å². The van der Waals surface area contributed by atoms with Gasteiger partial charge in [-0.1, -0.05) is 147 Å². The first kappa shape index (κ1) is 28.3. The highest BCUT2D eigenvalue weighted by Crippen LogP contribution is 2.46. The van der Waals surface area contributed by atoms with E-state index < -0.39 is 0 Å². The number of nitrogens with zero attached hydrogens (tertiary/aromatic N) is 1. The molecule has 0 N–H and O–H groups in total. The molecule has 0 atom stereocenters. The predicted octanol–water partition coefficient (Wildman–Crippen LogP) is 13.5. The van der Waals surface area contributed by atoms with Crippen LogP contribution in [-0.2, 0) is 0 Å². The number of furan rings is 1. The molecular formula is C47H35NO. The number of hydrogen-bond donors (Lipinski definition) is 0. The summed E-state index contributed by atoms with van der Waals surface area (Å²) in [6.07, 6.45) is 6.43. The fourth-order valence-electron chi connectivity index (χ4n) is 8.64. The Labute approximate surface area is 285 Å². The molecule has 1 saturated carbocycles. The zero-order chi connectivity index (χ0) is 32.3. The van der Waals surface area contributed by atoms with Crippen LogP contribution in [0.25, 0.3) is 87.9 Å². The quantitative estimate of drug-likeness (QED) is 0.181. The van der Waals surface area contributed by atoms with Crippen molar-refractivity contribution in [2.45, 2.75) is 38.0 Å². The first-order valence-corrected chi connectivity index (χ1v) is 17.7. The third kappa shape index (κ3) is 4.51. The second-order valence-electron chi connectivity index (χ2n) is 13.6. The van der Waals surface area contributed by atoms with E-state index in [1.54, 1.807) is 0 Å². The van der Waals surface area contributed by atoms with E-state index in [4.69, 9.17) is 9.40 Å². The van der Waals surface area contributed by atoms with E-state index in [2.05, 4.69) is 146 Å². The topological polar surface area (TPSA) is 26.0 Å². The Morgan fingerprint density at radius 2 is 0.939 bits per heavy atom. The molecule has 2 heterocycles. The van der Waals surface area contributed by atoms with E-state index in [0.29, 0.717) is 5.92 Å². The molecule has 1 fully saturated rings. The van der Waals surface area contributed by atoms with Crippen LogP contribution < -0.4 is 0 Å². The number of hydrogen-bond acceptors (Lipinski definition) is 2. The normalized spacial score (nSPS) is 14.0. The number of pyridine rings is 1. The lowest BCUT2D eigenvalue weighted by Crippen LogP contribution is -2.04. The molecule has 234 valence electrons. The molecule has 2 nitrogen and oxygen atoms in total. The lowest BCUT2D eigenvalue weighted by Gasteiger charge is -2.21. The molecule has 0 bridgehead atoms. The van der Waals surface area contributed by atoms with Crippen LogP contribution in [0.3, 0.4) is 0 Å². The van der Waals surface area contributed by atoms with Gasteiger partial charge < -0.3 is 4.42 Å². The van der Waals surface area contributed by atoms with Gasteiger partial charge in [0.25, 0.3) is 0 Å². The maximum absolute atomic E-state index is 6.87. The molecule has 9 aromatic rings. The Morgan fingerprint density at radius 3 is 1.69 bits per heavy atom. The van der Waals surface area contributed by atoms with Gasteiger partial charge in [-0.25, -0.2) is 4.98 Å². The number of rotatable bonds is 4. The second kappa shape index (κ2) is 11.5. The average molecular weight is 630 g/mol. The molecule has 10 rings (SSSR count). The fraction of sp³-hybridized carbons (Fsp3) is 0.128. The highest BCUT2D eigenvalue weighted by Gasteiger charge is 2.23. The third-order valence-electron chi connectivity index (χ3n) is 10.9. The van der Waals surface area contributed by atoms with Gasteiger partial charge in [-0.3, -0.25) is 0 Å². The van der Waals surface area contributed by atoms with Crippen molar-refractivity contribution in [3.8, 4) is 33.6 Å². The van der Waals surface area contributed by atoms with E-state index in [1.807, 2.05) is 0 Å². The average Bonchev–Trinajstić information content (AvgIpc) is 3.56. The van der Waals surface area contributed by atoms with Gasteiger partial charge in [-0.05, 0) is 86.0 Å². The number of aromatic nitrogens is 1. The van der Waals surface area contributed by atoms with Crippen LogP contribution in [0.5, 0.6) is 0 Å². The maximum Gasteiger partial charge on any atom is 0.144 e. The van der Waals surface area contributed by atoms with E-state index >= 15 is 0 Å². The fourth-order valence-corrected chi connectivity index (χ4v) is 8.64. The van der Waals surface area contributed by atoms with Gasteiger partial charge in [-0.2, -0.15) is 0 Å². The van der Waals surface area contributed by atoms with Crippen LogP contribution in [0.15, 0.2) is 150 Å². The van der Waals surface area contributed by atoms with Crippen molar-refractivity contribution in [2.75, 3.05) is 0 Å². The molecule has 0 amide bonds. The molecule has 0 saturated heterocycles. The molecular weight excluding hydrogens is 595 g/mol. The summed E-state index contributed by atoms with van der Waals surface area (Å²) in [6.45, 7) is 0. The molecule has 0 aliphatic heterocycles. The molecule has 0 unspecified atom stereocenters. The summed E-state index contributed by atoms with van der Waals surface area (Å²) in [5.74, 6) is 0.571. The summed E-state index contributed by atoms with van der Waals surface area (Å²) >= 11 is 0. The van der Waals surface area contributed by atoms with Crippen molar-refractivity contribution < 1.29 is 4.42 Å². The lowest BCUT2D eigenvalue weighted by molar-refractivity contribution is 0.442. The smallest absolute Gasteiger partial charge is 0.144 e. The highest BCUT2D eigenvalue weighted by atomic mass is 16.3. The monoisotopic (exact) mass is 629 g/mol. The minimum Gasteiger partial charge on any atom is -0.455 e. The van der Waals surface area contributed by atoms with Gasteiger partial charge in [-0.15, -0.1) is 0 Å². The van der Waals surface area contributed by atoms with Crippen LogP contribution >= 0.6 is 0 Å². The Balaban J connectivity index is 1.19. The Hall–Kier alpha value is -5.73. The van der Waals surface area contributed by atoms with Crippen LogP contribution in [-0.4, -0.2) is 4.98 Å². The molecule has 49 heavy (non-hydrogen) atoms. The third-order valence-corrected chi connectivity index (χ3v) is 10.9. The van der Waals surface area contributed by atoms with Crippen molar-refractivity contribution in [3.63, 3.8) is 0 Å². The van der Waals surface area contributed by atoms with Crippen LogP contribution in [0.4, 0.5) is 0 Å².